The van der Waals surface area contributed by atoms with Crippen molar-refractivity contribution in [1.82, 2.24) is 0 Å². The van der Waals surface area contributed by atoms with Crippen LogP contribution in [0.5, 0.6) is 0 Å². The van der Waals surface area contributed by atoms with Gasteiger partial charge in [0.15, 0.2) is 0 Å². The molecule has 0 aromatic heterocycles. The van der Waals surface area contributed by atoms with E-state index in [4.69, 9.17) is 11.6 Å². The molecule has 3 rings (SSSR count). The minimum atomic E-state index is -0.191. The summed E-state index contributed by atoms with van der Waals surface area (Å²) in [4.78, 5) is 24.5. The van der Waals surface area contributed by atoms with Crippen molar-refractivity contribution in [3.63, 3.8) is 0 Å². The average molecular weight is 394 g/mol. The van der Waals surface area contributed by atoms with Gasteiger partial charge >= 0.3 is 0 Å². The summed E-state index contributed by atoms with van der Waals surface area (Å²) >= 11 is 5.98. The third kappa shape index (κ3) is 5.34. The highest BCUT2D eigenvalue weighted by molar-refractivity contribution is 6.31. The van der Waals surface area contributed by atoms with Crippen molar-refractivity contribution >= 4 is 40.5 Å². The number of carbonyl (C=O) groups excluding carboxylic acids is 2. The van der Waals surface area contributed by atoms with Crippen LogP contribution >= 0.6 is 11.6 Å². The second kappa shape index (κ2) is 9.06. The molecule has 0 spiro atoms. The first-order valence-corrected chi connectivity index (χ1v) is 9.15. The lowest BCUT2D eigenvalue weighted by molar-refractivity contribution is -0.114. The standard InChI is InChI=1S/C22H20ClN3O2/c1-15-10-11-17(23)12-20(15)26-21(27)14-24-18-8-5-9-19(13-18)25-22(28)16-6-3-2-4-7-16/h2-13,24H,14H2,1H3,(H,25,28)(H,26,27). The molecule has 0 aliphatic rings. The Morgan fingerprint density at radius 2 is 1.61 bits per heavy atom. The fraction of sp³-hybridized carbons (Fsp3) is 0.0909. The van der Waals surface area contributed by atoms with Crippen LogP contribution in [0, 0.1) is 6.92 Å². The minimum absolute atomic E-state index is 0.0854. The van der Waals surface area contributed by atoms with Crippen LogP contribution < -0.4 is 16.0 Å². The molecule has 0 radical (unpaired) electrons. The lowest BCUT2D eigenvalue weighted by Crippen LogP contribution is -2.22. The Labute approximate surface area is 168 Å². The summed E-state index contributed by atoms with van der Waals surface area (Å²) in [5.41, 5.74) is 3.57. The van der Waals surface area contributed by atoms with Crippen LogP contribution in [0.1, 0.15) is 15.9 Å². The summed E-state index contributed by atoms with van der Waals surface area (Å²) < 4.78 is 0. The molecule has 142 valence electrons. The second-order valence-electron chi connectivity index (χ2n) is 6.26. The van der Waals surface area contributed by atoms with Crippen LogP contribution in [-0.4, -0.2) is 18.4 Å². The van der Waals surface area contributed by atoms with Gasteiger partial charge in [-0.15, -0.1) is 0 Å². The Morgan fingerprint density at radius 1 is 0.857 bits per heavy atom. The smallest absolute Gasteiger partial charge is 0.255 e. The number of anilines is 3. The Balaban J connectivity index is 1.58. The van der Waals surface area contributed by atoms with E-state index in [1.54, 1.807) is 36.4 Å². The molecule has 3 aromatic carbocycles. The van der Waals surface area contributed by atoms with E-state index >= 15 is 0 Å². The molecule has 0 aliphatic carbocycles. The molecule has 0 unspecified atom stereocenters. The van der Waals surface area contributed by atoms with Gasteiger partial charge in [0.05, 0.1) is 6.54 Å². The first-order valence-electron chi connectivity index (χ1n) is 8.77. The van der Waals surface area contributed by atoms with Crippen LogP contribution in [0.2, 0.25) is 5.02 Å². The van der Waals surface area contributed by atoms with Gasteiger partial charge in [0, 0.05) is 27.6 Å². The van der Waals surface area contributed by atoms with Gasteiger partial charge in [-0.3, -0.25) is 9.59 Å². The van der Waals surface area contributed by atoms with Crippen LogP contribution in [-0.2, 0) is 4.79 Å². The number of amides is 2. The van der Waals surface area contributed by atoms with Crippen molar-refractivity contribution in [3.8, 4) is 0 Å². The number of rotatable bonds is 6. The lowest BCUT2D eigenvalue weighted by Gasteiger charge is -2.11. The molecule has 0 saturated carbocycles. The molecule has 28 heavy (non-hydrogen) atoms. The molecule has 2 amide bonds. The molecule has 0 heterocycles. The van der Waals surface area contributed by atoms with Crippen molar-refractivity contribution in [3.05, 3.63) is 88.9 Å². The highest BCUT2D eigenvalue weighted by atomic mass is 35.5. The van der Waals surface area contributed by atoms with Gasteiger partial charge in [-0.1, -0.05) is 41.9 Å². The molecule has 0 saturated heterocycles. The van der Waals surface area contributed by atoms with Crippen LogP contribution in [0.15, 0.2) is 72.8 Å². The van der Waals surface area contributed by atoms with E-state index in [2.05, 4.69) is 16.0 Å². The third-order valence-electron chi connectivity index (χ3n) is 4.08. The van der Waals surface area contributed by atoms with Crippen LogP contribution in [0.3, 0.4) is 0 Å². The zero-order valence-electron chi connectivity index (χ0n) is 15.3. The first kappa shape index (κ1) is 19.5. The summed E-state index contributed by atoms with van der Waals surface area (Å²) in [6.45, 7) is 1.99. The fourth-order valence-electron chi connectivity index (χ4n) is 2.61. The van der Waals surface area contributed by atoms with Gasteiger partial charge in [0.2, 0.25) is 5.91 Å². The summed E-state index contributed by atoms with van der Waals surface area (Å²) in [7, 11) is 0. The molecule has 0 bridgehead atoms. The number of carbonyl (C=O) groups is 2. The monoisotopic (exact) mass is 393 g/mol. The van der Waals surface area contributed by atoms with Gasteiger partial charge in [0.1, 0.15) is 0 Å². The van der Waals surface area contributed by atoms with Crippen LogP contribution in [0.25, 0.3) is 0 Å². The van der Waals surface area contributed by atoms with E-state index in [1.165, 1.54) is 0 Å². The van der Waals surface area contributed by atoms with E-state index in [-0.39, 0.29) is 18.4 Å². The topological polar surface area (TPSA) is 70.2 Å². The third-order valence-corrected chi connectivity index (χ3v) is 4.32. The maximum absolute atomic E-state index is 12.2. The minimum Gasteiger partial charge on any atom is -0.376 e. The van der Waals surface area contributed by atoms with Crippen LogP contribution in [0.4, 0.5) is 17.1 Å². The van der Waals surface area contributed by atoms with Crippen molar-refractivity contribution < 1.29 is 9.59 Å². The molecular formula is C22H20ClN3O2. The molecule has 5 nitrogen and oxygen atoms in total. The Bertz CT molecular complexity index is 990. The van der Waals surface area contributed by atoms with E-state index in [0.29, 0.717) is 22.0 Å². The Hall–Kier alpha value is -3.31. The van der Waals surface area contributed by atoms with Gasteiger partial charge < -0.3 is 16.0 Å². The summed E-state index contributed by atoms with van der Waals surface area (Å²) in [5.74, 6) is -0.379. The van der Waals surface area contributed by atoms with Gasteiger partial charge in [-0.2, -0.15) is 0 Å². The molecule has 0 atom stereocenters. The SMILES string of the molecule is Cc1ccc(Cl)cc1NC(=O)CNc1cccc(NC(=O)c2ccccc2)c1. The molecule has 0 aliphatic heterocycles. The van der Waals surface area contributed by atoms with E-state index in [0.717, 1.165) is 11.3 Å². The fourth-order valence-corrected chi connectivity index (χ4v) is 2.78. The number of hydrogen-bond donors (Lipinski definition) is 3. The first-order chi connectivity index (χ1) is 13.5. The van der Waals surface area contributed by atoms with Crippen molar-refractivity contribution in [2.75, 3.05) is 22.5 Å². The highest BCUT2D eigenvalue weighted by Crippen LogP contribution is 2.20. The number of halogens is 1. The molecule has 3 N–H and O–H groups in total. The maximum atomic E-state index is 12.2. The van der Waals surface area contributed by atoms with Crippen molar-refractivity contribution in [1.29, 1.82) is 0 Å². The zero-order chi connectivity index (χ0) is 19.9. The molecule has 3 aromatic rings. The number of hydrogen-bond acceptors (Lipinski definition) is 3. The highest BCUT2D eigenvalue weighted by Gasteiger charge is 2.08. The normalized spacial score (nSPS) is 10.2. The van der Waals surface area contributed by atoms with Crippen molar-refractivity contribution in [2.24, 2.45) is 0 Å². The van der Waals surface area contributed by atoms with E-state index in [9.17, 15) is 9.59 Å². The van der Waals surface area contributed by atoms with E-state index < -0.39 is 0 Å². The predicted octanol–water partition coefficient (Wildman–Crippen LogP) is 4.95. The summed E-state index contributed by atoms with van der Waals surface area (Å²) in [6, 6.07) is 21.5. The second-order valence-corrected chi connectivity index (χ2v) is 6.70. The maximum Gasteiger partial charge on any atom is 0.255 e. The Morgan fingerprint density at radius 3 is 2.39 bits per heavy atom. The summed E-state index contributed by atoms with van der Waals surface area (Å²) in [6.07, 6.45) is 0. The number of nitrogens with one attached hydrogen (secondary N) is 3. The lowest BCUT2D eigenvalue weighted by atomic mass is 10.2. The molecular weight excluding hydrogens is 374 g/mol. The van der Waals surface area contributed by atoms with Gasteiger partial charge in [-0.25, -0.2) is 0 Å². The zero-order valence-corrected chi connectivity index (χ0v) is 16.1. The largest absolute Gasteiger partial charge is 0.376 e. The Kier molecular flexibility index (Phi) is 6.29. The number of aryl methyl sites for hydroxylation is 1. The predicted molar refractivity (Wildman–Crippen MR) is 114 cm³/mol. The number of benzene rings is 3. The van der Waals surface area contributed by atoms with Crippen molar-refractivity contribution in [2.45, 2.75) is 6.92 Å². The van der Waals surface area contributed by atoms with Gasteiger partial charge in [0.25, 0.3) is 5.91 Å². The summed E-state index contributed by atoms with van der Waals surface area (Å²) in [5, 5.41) is 9.30. The quantitative estimate of drug-likeness (QED) is 0.554. The molecule has 6 heteroatoms. The van der Waals surface area contributed by atoms with Gasteiger partial charge in [-0.05, 0) is 55.0 Å². The molecule has 0 fully saturated rings. The van der Waals surface area contributed by atoms with E-state index in [1.807, 2.05) is 43.3 Å². The average Bonchev–Trinajstić information content (AvgIpc) is 2.70.